The summed E-state index contributed by atoms with van der Waals surface area (Å²) < 4.78 is 7.90. The van der Waals surface area contributed by atoms with Crippen molar-refractivity contribution >= 4 is 11.6 Å². The molecule has 170 valence electrons. The van der Waals surface area contributed by atoms with Gasteiger partial charge in [0.25, 0.3) is 0 Å². The zero-order chi connectivity index (χ0) is 22.4. The number of carbonyl (C=O) groups excluding carboxylic acids is 1. The van der Waals surface area contributed by atoms with Gasteiger partial charge in [0.2, 0.25) is 5.91 Å². The monoisotopic (exact) mass is 442 g/mol. The number of rotatable bonds is 5. The predicted octanol–water partition coefficient (Wildman–Crippen LogP) is 4.77. The van der Waals surface area contributed by atoms with Crippen molar-refractivity contribution in [3.05, 3.63) is 65.9 Å². The first-order chi connectivity index (χ1) is 16.2. The lowest BCUT2D eigenvalue weighted by molar-refractivity contribution is -0.123. The van der Waals surface area contributed by atoms with Gasteiger partial charge in [-0.3, -0.25) is 14.4 Å². The summed E-state index contributed by atoms with van der Waals surface area (Å²) in [5, 5.41) is 7.83. The van der Waals surface area contributed by atoms with Gasteiger partial charge in [-0.1, -0.05) is 36.8 Å². The SMILES string of the molecule is COc1cc(-c2ccnn2C2CCN(Cc3ccccc3)CC2)cc2c1NC(=O)C21CCC1. The quantitative estimate of drug-likeness (QED) is 0.618. The van der Waals surface area contributed by atoms with Crippen LogP contribution in [0, 0.1) is 0 Å². The summed E-state index contributed by atoms with van der Waals surface area (Å²) in [5.74, 6) is 0.864. The van der Waals surface area contributed by atoms with E-state index in [2.05, 4.69) is 63.4 Å². The lowest BCUT2D eigenvalue weighted by Gasteiger charge is -2.36. The predicted molar refractivity (Wildman–Crippen MR) is 128 cm³/mol. The Morgan fingerprint density at radius 3 is 2.61 bits per heavy atom. The normalized spacial score (nSPS) is 19.8. The summed E-state index contributed by atoms with van der Waals surface area (Å²) in [4.78, 5) is 15.3. The molecule has 6 nitrogen and oxygen atoms in total. The van der Waals surface area contributed by atoms with Crippen molar-refractivity contribution in [3.63, 3.8) is 0 Å². The van der Waals surface area contributed by atoms with Crippen molar-refractivity contribution in [2.45, 2.75) is 50.1 Å². The van der Waals surface area contributed by atoms with Crippen LogP contribution in [0.15, 0.2) is 54.7 Å². The van der Waals surface area contributed by atoms with Gasteiger partial charge in [0.1, 0.15) is 5.75 Å². The van der Waals surface area contributed by atoms with Gasteiger partial charge in [-0.25, -0.2) is 0 Å². The second kappa shape index (κ2) is 8.03. The zero-order valence-electron chi connectivity index (χ0n) is 19.1. The number of anilines is 1. The first kappa shape index (κ1) is 20.5. The number of piperidine rings is 1. The van der Waals surface area contributed by atoms with E-state index in [-0.39, 0.29) is 11.3 Å². The molecule has 1 aliphatic carbocycles. The van der Waals surface area contributed by atoms with Crippen molar-refractivity contribution in [3.8, 4) is 17.0 Å². The van der Waals surface area contributed by atoms with Gasteiger partial charge in [-0.05, 0) is 55.0 Å². The molecule has 3 aliphatic rings. The lowest BCUT2D eigenvalue weighted by Crippen LogP contribution is -2.40. The van der Waals surface area contributed by atoms with Crippen LogP contribution in [-0.2, 0) is 16.8 Å². The number of aromatic nitrogens is 2. The fraction of sp³-hybridized carbons (Fsp3) is 0.407. The first-order valence-corrected chi connectivity index (χ1v) is 12.0. The Morgan fingerprint density at radius 1 is 1.12 bits per heavy atom. The molecule has 6 rings (SSSR count). The van der Waals surface area contributed by atoms with E-state index in [0.29, 0.717) is 6.04 Å². The Kier molecular flexibility index (Phi) is 4.98. The molecule has 0 atom stereocenters. The van der Waals surface area contributed by atoms with Gasteiger partial charge in [0.15, 0.2) is 0 Å². The van der Waals surface area contributed by atoms with Crippen LogP contribution < -0.4 is 10.1 Å². The number of methoxy groups -OCH3 is 1. The molecule has 0 unspecified atom stereocenters. The average molecular weight is 443 g/mol. The third-order valence-corrected chi connectivity index (χ3v) is 7.84. The fourth-order valence-corrected chi connectivity index (χ4v) is 5.81. The molecule has 1 spiro atoms. The highest BCUT2D eigenvalue weighted by Gasteiger charge is 2.52. The molecule has 3 aromatic rings. The lowest BCUT2D eigenvalue weighted by atomic mass is 9.65. The molecule has 1 amide bonds. The highest BCUT2D eigenvalue weighted by molar-refractivity contribution is 6.09. The molecule has 2 aromatic carbocycles. The third-order valence-electron chi connectivity index (χ3n) is 7.84. The molecule has 1 saturated carbocycles. The van der Waals surface area contributed by atoms with Crippen LogP contribution in [0.5, 0.6) is 5.75 Å². The van der Waals surface area contributed by atoms with E-state index >= 15 is 0 Å². The molecule has 0 radical (unpaired) electrons. The molecule has 0 bridgehead atoms. The van der Waals surface area contributed by atoms with Crippen LogP contribution in [0.1, 0.15) is 49.3 Å². The minimum atomic E-state index is -0.369. The standard InChI is InChI=1S/C27H30N4O2/c1-33-24-17-20(16-22-25(24)29-26(32)27(22)11-5-12-27)23-8-13-28-31(23)21-9-14-30(15-10-21)18-19-6-3-2-4-7-19/h2-4,6-8,13,16-17,21H,5,9-12,14-15,18H2,1H3,(H,29,32). The largest absolute Gasteiger partial charge is 0.495 e. The highest BCUT2D eigenvalue weighted by atomic mass is 16.5. The summed E-state index contributed by atoms with van der Waals surface area (Å²) in [5.41, 5.74) is 5.13. The third kappa shape index (κ3) is 3.35. The molecular formula is C27H30N4O2. The number of fused-ring (bicyclic) bond motifs is 2. The number of benzene rings is 2. The molecule has 1 aromatic heterocycles. The maximum Gasteiger partial charge on any atom is 0.235 e. The number of likely N-dealkylation sites (tertiary alicyclic amines) is 1. The number of hydrogen-bond acceptors (Lipinski definition) is 4. The van der Waals surface area contributed by atoms with Crippen LogP contribution in [-0.4, -0.2) is 40.8 Å². The summed E-state index contributed by atoms with van der Waals surface area (Å²) >= 11 is 0. The first-order valence-electron chi connectivity index (χ1n) is 12.0. The number of ether oxygens (including phenoxy) is 1. The van der Waals surface area contributed by atoms with Crippen LogP contribution in [0.3, 0.4) is 0 Å². The second-order valence-corrected chi connectivity index (χ2v) is 9.64. The Balaban J connectivity index is 1.25. The fourth-order valence-electron chi connectivity index (χ4n) is 5.81. The van der Waals surface area contributed by atoms with Crippen molar-refractivity contribution in [1.29, 1.82) is 0 Å². The number of nitrogens with zero attached hydrogens (tertiary/aromatic N) is 3. The topological polar surface area (TPSA) is 59.4 Å². The number of carbonyl (C=O) groups is 1. The van der Waals surface area contributed by atoms with Crippen LogP contribution in [0.25, 0.3) is 11.3 Å². The summed E-state index contributed by atoms with van der Waals surface area (Å²) in [6.45, 7) is 3.13. The van der Waals surface area contributed by atoms with Gasteiger partial charge in [-0.15, -0.1) is 0 Å². The van der Waals surface area contributed by atoms with Crippen molar-refractivity contribution in [2.24, 2.45) is 0 Å². The molecule has 2 aliphatic heterocycles. The highest BCUT2D eigenvalue weighted by Crippen LogP contribution is 2.54. The van der Waals surface area contributed by atoms with E-state index in [1.807, 2.05) is 6.20 Å². The smallest absolute Gasteiger partial charge is 0.235 e. The van der Waals surface area contributed by atoms with E-state index in [9.17, 15) is 4.79 Å². The molecule has 1 N–H and O–H groups in total. The minimum Gasteiger partial charge on any atom is -0.495 e. The van der Waals surface area contributed by atoms with E-state index in [0.717, 1.165) is 80.0 Å². The van der Waals surface area contributed by atoms with Gasteiger partial charge in [0.05, 0.1) is 29.9 Å². The number of hydrogen-bond donors (Lipinski definition) is 1. The van der Waals surface area contributed by atoms with Gasteiger partial charge < -0.3 is 10.1 Å². The Hall–Kier alpha value is -3.12. The summed E-state index contributed by atoms with van der Waals surface area (Å²) in [6.07, 6.45) is 6.98. The Bertz CT molecular complexity index is 1170. The maximum absolute atomic E-state index is 12.8. The van der Waals surface area contributed by atoms with Crippen LogP contribution in [0.4, 0.5) is 5.69 Å². The number of amides is 1. The van der Waals surface area contributed by atoms with Crippen LogP contribution >= 0.6 is 0 Å². The molecule has 1 saturated heterocycles. The zero-order valence-corrected chi connectivity index (χ0v) is 19.1. The van der Waals surface area contributed by atoms with Gasteiger partial charge in [0, 0.05) is 31.4 Å². The van der Waals surface area contributed by atoms with E-state index in [4.69, 9.17) is 9.84 Å². The molecule has 6 heteroatoms. The molecule has 33 heavy (non-hydrogen) atoms. The van der Waals surface area contributed by atoms with Crippen molar-refractivity contribution in [1.82, 2.24) is 14.7 Å². The minimum absolute atomic E-state index is 0.124. The Labute approximate surface area is 194 Å². The molecular weight excluding hydrogens is 412 g/mol. The van der Waals surface area contributed by atoms with E-state index < -0.39 is 0 Å². The van der Waals surface area contributed by atoms with E-state index in [1.165, 1.54) is 5.56 Å². The van der Waals surface area contributed by atoms with Crippen molar-refractivity contribution < 1.29 is 9.53 Å². The molecule has 3 heterocycles. The second-order valence-electron chi connectivity index (χ2n) is 9.64. The maximum atomic E-state index is 12.8. The average Bonchev–Trinajstić information content (AvgIpc) is 3.41. The number of nitrogens with one attached hydrogen (secondary N) is 1. The van der Waals surface area contributed by atoms with E-state index in [1.54, 1.807) is 7.11 Å². The van der Waals surface area contributed by atoms with Crippen molar-refractivity contribution in [2.75, 3.05) is 25.5 Å². The van der Waals surface area contributed by atoms with Crippen LogP contribution in [0.2, 0.25) is 0 Å². The summed E-state index contributed by atoms with van der Waals surface area (Å²) in [7, 11) is 1.68. The van der Waals surface area contributed by atoms with Gasteiger partial charge >= 0.3 is 0 Å². The molecule has 2 fully saturated rings. The summed E-state index contributed by atoms with van der Waals surface area (Å²) in [6, 6.07) is 17.4. The van der Waals surface area contributed by atoms with Gasteiger partial charge in [-0.2, -0.15) is 5.10 Å². The Morgan fingerprint density at radius 2 is 1.91 bits per heavy atom.